The number of fused-ring (bicyclic) bond motifs is 1. The summed E-state index contributed by atoms with van der Waals surface area (Å²) in [4.78, 5) is 17.2. The van der Waals surface area contributed by atoms with Crippen molar-refractivity contribution in [2.24, 2.45) is 4.99 Å². The summed E-state index contributed by atoms with van der Waals surface area (Å²) in [5, 5.41) is 0. The van der Waals surface area contributed by atoms with Gasteiger partial charge in [0.1, 0.15) is 5.75 Å². The molecule has 1 heterocycles. The van der Waals surface area contributed by atoms with Gasteiger partial charge in [-0.05, 0) is 30.7 Å². The summed E-state index contributed by atoms with van der Waals surface area (Å²) >= 11 is 1.52. The molecule has 0 aliphatic carbocycles. The van der Waals surface area contributed by atoms with Gasteiger partial charge in [-0.25, -0.2) is 0 Å². The van der Waals surface area contributed by atoms with Gasteiger partial charge in [0.05, 0.1) is 23.2 Å². The van der Waals surface area contributed by atoms with E-state index in [-0.39, 0.29) is 12.3 Å². The Labute approximate surface area is 150 Å². The first-order valence-electron chi connectivity index (χ1n) is 8.14. The Morgan fingerprint density at radius 1 is 1.24 bits per heavy atom. The number of hydrogen-bond donors (Lipinski definition) is 0. The fourth-order valence-corrected chi connectivity index (χ4v) is 3.76. The molecule has 1 aromatic heterocycles. The number of allylic oxidation sites excluding steroid dienone is 1. The molecule has 1 amide bonds. The average molecular weight is 352 g/mol. The smallest absolute Gasteiger partial charge is 0.251 e. The number of para-hydroxylation sites is 2. The molecule has 0 spiro atoms. The van der Waals surface area contributed by atoms with Gasteiger partial charge < -0.3 is 9.30 Å². The Morgan fingerprint density at radius 3 is 2.80 bits per heavy atom. The standard InChI is InChI=1S/C20H20N2O2S/c1-3-13-22-19-15(2)8-7-11-17(19)25-20(22)21-18(23)12-14-24-16-9-5-4-6-10-16/h3-11H,1,12-14H2,2H3. The lowest BCUT2D eigenvalue weighted by atomic mass is 10.2. The SMILES string of the molecule is C=CCn1c(=NC(=O)CCOc2ccccc2)sc2cccc(C)c21. The van der Waals surface area contributed by atoms with Gasteiger partial charge >= 0.3 is 0 Å². The van der Waals surface area contributed by atoms with Crippen molar-refractivity contribution in [2.45, 2.75) is 19.9 Å². The summed E-state index contributed by atoms with van der Waals surface area (Å²) in [5.41, 5.74) is 2.27. The molecule has 2 aromatic carbocycles. The van der Waals surface area contributed by atoms with Gasteiger partial charge in [0.15, 0.2) is 4.80 Å². The van der Waals surface area contributed by atoms with Crippen molar-refractivity contribution in [1.29, 1.82) is 0 Å². The summed E-state index contributed by atoms with van der Waals surface area (Å²) in [6.07, 6.45) is 2.07. The third-order valence-corrected chi connectivity index (χ3v) is 4.81. The molecular weight excluding hydrogens is 332 g/mol. The lowest BCUT2D eigenvalue weighted by molar-refractivity contribution is -0.118. The van der Waals surface area contributed by atoms with Gasteiger partial charge in [-0.15, -0.1) is 6.58 Å². The van der Waals surface area contributed by atoms with E-state index in [1.165, 1.54) is 11.3 Å². The van der Waals surface area contributed by atoms with Gasteiger partial charge in [-0.1, -0.05) is 47.7 Å². The molecule has 0 unspecified atom stereocenters. The second-order valence-electron chi connectivity index (χ2n) is 5.62. The molecule has 3 aromatic rings. The van der Waals surface area contributed by atoms with Crippen LogP contribution in [0.4, 0.5) is 0 Å². The van der Waals surface area contributed by atoms with E-state index < -0.39 is 0 Å². The highest BCUT2D eigenvalue weighted by atomic mass is 32.1. The quantitative estimate of drug-likeness (QED) is 0.627. The summed E-state index contributed by atoms with van der Waals surface area (Å²) in [6.45, 7) is 6.82. The molecule has 5 heteroatoms. The zero-order valence-corrected chi connectivity index (χ0v) is 15.0. The first-order chi connectivity index (χ1) is 12.2. The van der Waals surface area contributed by atoms with Crippen molar-refractivity contribution in [2.75, 3.05) is 6.61 Å². The Kier molecular flexibility index (Phi) is 5.46. The Hall–Kier alpha value is -2.66. The second-order valence-corrected chi connectivity index (χ2v) is 6.63. The Bertz CT molecular complexity index is 955. The van der Waals surface area contributed by atoms with Crippen molar-refractivity contribution in [1.82, 2.24) is 4.57 Å². The number of benzene rings is 2. The lowest BCUT2D eigenvalue weighted by Crippen LogP contribution is -2.17. The van der Waals surface area contributed by atoms with Crippen LogP contribution in [0, 0.1) is 6.92 Å². The number of aromatic nitrogens is 1. The summed E-state index contributed by atoms with van der Waals surface area (Å²) < 4.78 is 8.73. The number of hydrogen-bond acceptors (Lipinski definition) is 3. The number of carbonyl (C=O) groups is 1. The molecule has 128 valence electrons. The number of amides is 1. The molecule has 0 atom stereocenters. The van der Waals surface area contributed by atoms with Crippen LogP contribution >= 0.6 is 11.3 Å². The maximum atomic E-state index is 12.2. The zero-order chi connectivity index (χ0) is 17.6. The van der Waals surface area contributed by atoms with Crippen molar-refractivity contribution < 1.29 is 9.53 Å². The summed E-state index contributed by atoms with van der Waals surface area (Å²) in [7, 11) is 0. The number of nitrogens with zero attached hydrogens (tertiary/aromatic N) is 2. The minimum absolute atomic E-state index is 0.182. The van der Waals surface area contributed by atoms with Crippen molar-refractivity contribution in [3.05, 3.63) is 71.6 Å². The van der Waals surface area contributed by atoms with Crippen LogP contribution in [0.2, 0.25) is 0 Å². The van der Waals surface area contributed by atoms with E-state index in [2.05, 4.69) is 30.6 Å². The van der Waals surface area contributed by atoms with Gasteiger partial charge in [-0.2, -0.15) is 4.99 Å². The van der Waals surface area contributed by atoms with Gasteiger partial charge in [0.2, 0.25) is 0 Å². The summed E-state index contributed by atoms with van der Waals surface area (Å²) in [6, 6.07) is 15.6. The van der Waals surface area contributed by atoms with Gasteiger partial charge in [0.25, 0.3) is 5.91 Å². The number of aryl methyl sites for hydroxylation is 1. The van der Waals surface area contributed by atoms with Gasteiger partial charge in [0, 0.05) is 6.54 Å². The highest BCUT2D eigenvalue weighted by molar-refractivity contribution is 7.16. The predicted octanol–water partition coefficient (Wildman–Crippen LogP) is 4.09. The Morgan fingerprint density at radius 2 is 2.04 bits per heavy atom. The van der Waals surface area contributed by atoms with Crippen LogP contribution in [0.1, 0.15) is 12.0 Å². The number of ether oxygens (including phenoxy) is 1. The average Bonchev–Trinajstić information content (AvgIpc) is 2.95. The van der Waals surface area contributed by atoms with Crippen LogP contribution in [-0.2, 0) is 11.3 Å². The van der Waals surface area contributed by atoms with E-state index in [0.717, 1.165) is 21.5 Å². The van der Waals surface area contributed by atoms with E-state index in [1.807, 2.05) is 47.0 Å². The molecule has 0 aliphatic heterocycles. The topological polar surface area (TPSA) is 43.6 Å². The maximum Gasteiger partial charge on any atom is 0.251 e. The van der Waals surface area contributed by atoms with Crippen LogP contribution in [0.15, 0.2) is 66.2 Å². The minimum atomic E-state index is -0.182. The van der Waals surface area contributed by atoms with E-state index in [0.29, 0.717) is 18.0 Å². The Balaban J connectivity index is 1.80. The van der Waals surface area contributed by atoms with Gasteiger partial charge in [-0.3, -0.25) is 4.79 Å². The van der Waals surface area contributed by atoms with Crippen molar-refractivity contribution in [3.8, 4) is 5.75 Å². The highest BCUT2D eigenvalue weighted by Crippen LogP contribution is 2.21. The molecule has 0 bridgehead atoms. The predicted molar refractivity (Wildman–Crippen MR) is 102 cm³/mol. The molecular formula is C20H20N2O2S. The zero-order valence-electron chi connectivity index (χ0n) is 14.1. The van der Waals surface area contributed by atoms with Crippen LogP contribution in [0.5, 0.6) is 5.75 Å². The fraction of sp³-hybridized carbons (Fsp3) is 0.200. The van der Waals surface area contributed by atoms with E-state index in [9.17, 15) is 4.79 Å². The van der Waals surface area contributed by atoms with Crippen LogP contribution in [0.3, 0.4) is 0 Å². The number of carbonyl (C=O) groups excluding carboxylic acids is 1. The minimum Gasteiger partial charge on any atom is -0.493 e. The third-order valence-electron chi connectivity index (χ3n) is 3.76. The van der Waals surface area contributed by atoms with E-state index in [4.69, 9.17) is 4.74 Å². The van der Waals surface area contributed by atoms with Crippen LogP contribution in [-0.4, -0.2) is 17.1 Å². The highest BCUT2D eigenvalue weighted by Gasteiger charge is 2.09. The van der Waals surface area contributed by atoms with Crippen molar-refractivity contribution >= 4 is 27.5 Å². The first kappa shape index (κ1) is 17.2. The maximum absolute atomic E-state index is 12.2. The second kappa shape index (κ2) is 7.94. The largest absolute Gasteiger partial charge is 0.493 e. The van der Waals surface area contributed by atoms with Crippen molar-refractivity contribution in [3.63, 3.8) is 0 Å². The van der Waals surface area contributed by atoms with Crippen LogP contribution < -0.4 is 9.54 Å². The molecule has 0 radical (unpaired) electrons. The van der Waals surface area contributed by atoms with E-state index >= 15 is 0 Å². The molecule has 0 aliphatic rings. The molecule has 0 fully saturated rings. The first-order valence-corrected chi connectivity index (χ1v) is 8.96. The molecule has 25 heavy (non-hydrogen) atoms. The molecule has 3 rings (SSSR count). The molecule has 0 saturated heterocycles. The molecule has 0 N–H and O–H groups in total. The monoisotopic (exact) mass is 352 g/mol. The fourth-order valence-electron chi connectivity index (χ4n) is 2.63. The lowest BCUT2D eigenvalue weighted by Gasteiger charge is -2.04. The number of thiazole rings is 1. The van der Waals surface area contributed by atoms with E-state index in [1.54, 1.807) is 0 Å². The normalized spacial score (nSPS) is 11.6. The molecule has 4 nitrogen and oxygen atoms in total. The number of rotatable bonds is 6. The van der Waals surface area contributed by atoms with Crippen LogP contribution in [0.25, 0.3) is 10.2 Å². The third kappa shape index (κ3) is 4.06. The summed E-state index contributed by atoms with van der Waals surface area (Å²) in [5.74, 6) is 0.576. The molecule has 0 saturated carbocycles.